The molecular formula is C20H17NOS. The van der Waals surface area contributed by atoms with E-state index in [1.807, 2.05) is 53.4 Å². The number of hydrogen-bond donors (Lipinski definition) is 0. The van der Waals surface area contributed by atoms with Gasteiger partial charge in [-0.15, -0.1) is 0 Å². The Labute approximate surface area is 140 Å². The van der Waals surface area contributed by atoms with E-state index in [2.05, 4.69) is 30.4 Å². The monoisotopic (exact) mass is 319 g/mol. The highest BCUT2D eigenvalue weighted by Gasteiger charge is 2.47. The lowest BCUT2D eigenvalue weighted by Crippen LogP contribution is -2.40. The van der Waals surface area contributed by atoms with Crippen LogP contribution in [0.3, 0.4) is 0 Å². The number of thioether (sulfide) groups is 1. The van der Waals surface area contributed by atoms with Gasteiger partial charge >= 0.3 is 0 Å². The molecule has 1 atom stereocenters. The maximum absolute atomic E-state index is 12.5. The number of nitrogens with zero attached hydrogens (tertiary/aromatic N) is 1. The molecule has 0 aromatic heterocycles. The molecule has 114 valence electrons. The number of anilines is 1. The normalized spacial score (nSPS) is 25.0. The average Bonchev–Trinajstić information content (AvgIpc) is 3.13. The summed E-state index contributed by atoms with van der Waals surface area (Å²) in [5, 5.41) is 0. The van der Waals surface area contributed by atoms with E-state index in [1.165, 1.54) is 10.5 Å². The van der Waals surface area contributed by atoms with Crippen molar-refractivity contribution in [1.82, 2.24) is 0 Å². The van der Waals surface area contributed by atoms with E-state index in [0.717, 1.165) is 12.1 Å². The Bertz CT molecular complexity index is 782. The lowest BCUT2D eigenvalue weighted by Gasteiger charge is -2.33. The summed E-state index contributed by atoms with van der Waals surface area (Å²) >= 11 is 1.78. The lowest BCUT2D eigenvalue weighted by molar-refractivity contribution is -0.117. The van der Waals surface area contributed by atoms with Gasteiger partial charge in [0.2, 0.25) is 5.91 Å². The first kappa shape index (κ1) is 14.3. The van der Waals surface area contributed by atoms with Gasteiger partial charge in [-0.25, -0.2) is 0 Å². The summed E-state index contributed by atoms with van der Waals surface area (Å²) in [5.74, 6) is 0.203. The highest BCUT2D eigenvalue weighted by atomic mass is 32.2. The number of hydrogen-bond acceptors (Lipinski definition) is 2. The molecule has 2 nitrogen and oxygen atoms in total. The van der Waals surface area contributed by atoms with Crippen molar-refractivity contribution in [2.75, 3.05) is 4.90 Å². The molecule has 0 radical (unpaired) electrons. The summed E-state index contributed by atoms with van der Waals surface area (Å²) in [6.45, 7) is 0. The molecule has 0 bridgehead atoms. The first-order valence-electron chi connectivity index (χ1n) is 7.80. The number of benzene rings is 2. The van der Waals surface area contributed by atoms with Crippen molar-refractivity contribution in [2.45, 2.75) is 17.7 Å². The van der Waals surface area contributed by atoms with Crippen LogP contribution in [0.5, 0.6) is 0 Å². The van der Waals surface area contributed by atoms with Gasteiger partial charge in [-0.05, 0) is 42.3 Å². The molecule has 0 saturated carbocycles. The minimum Gasteiger partial charge on any atom is -0.293 e. The third-order valence-electron chi connectivity index (χ3n) is 4.25. The molecule has 1 spiro atoms. The molecule has 2 aliphatic heterocycles. The van der Waals surface area contributed by atoms with Gasteiger partial charge in [-0.2, -0.15) is 0 Å². The number of amides is 1. The van der Waals surface area contributed by atoms with Gasteiger partial charge in [0.15, 0.2) is 0 Å². The summed E-state index contributed by atoms with van der Waals surface area (Å²) in [6.07, 6.45) is 7.97. The molecule has 2 heterocycles. The highest BCUT2D eigenvalue weighted by molar-refractivity contribution is 8.05. The summed E-state index contributed by atoms with van der Waals surface area (Å²) in [6, 6.07) is 20.3. The maximum Gasteiger partial charge on any atom is 0.228 e. The van der Waals surface area contributed by atoms with E-state index < -0.39 is 0 Å². The Hall–Kier alpha value is -2.26. The van der Waals surface area contributed by atoms with Crippen molar-refractivity contribution in [3.8, 4) is 0 Å². The van der Waals surface area contributed by atoms with Crippen molar-refractivity contribution < 1.29 is 4.79 Å². The van der Waals surface area contributed by atoms with Crippen molar-refractivity contribution in [1.29, 1.82) is 0 Å². The van der Waals surface area contributed by atoms with Crippen LogP contribution < -0.4 is 4.90 Å². The van der Waals surface area contributed by atoms with Gasteiger partial charge in [-0.3, -0.25) is 9.69 Å². The standard InChI is InChI=1S/C20H17NOS/c22-19-12-14-20(21(19)17-9-5-2-6-10-17)13-11-18(23-20)15-16-7-3-1-4-8-16/h1-11,13,15H,12,14H2/b18-15-/t20-/m0/s1. The molecule has 3 heteroatoms. The van der Waals surface area contributed by atoms with E-state index in [9.17, 15) is 4.79 Å². The number of allylic oxidation sites excluding steroid dienone is 1. The van der Waals surface area contributed by atoms with Crippen LogP contribution in [0.2, 0.25) is 0 Å². The number of carbonyl (C=O) groups is 1. The molecule has 1 amide bonds. The molecule has 2 aromatic rings. The lowest BCUT2D eigenvalue weighted by atomic mass is 10.1. The molecule has 1 fully saturated rings. The van der Waals surface area contributed by atoms with Gasteiger partial charge in [0.25, 0.3) is 0 Å². The zero-order valence-electron chi connectivity index (χ0n) is 12.7. The van der Waals surface area contributed by atoms with Crippen LogP contribution in [0.4, 0.5) is 5.69 Å². The van der Waals surface area contributed by atoms with Crippen LogP contribution in [0.25, 0.3) is 6.08 Å². The molecule has 0 N–H and O–H groups in total. The minimum absolute atomic E-state index is 0.203. The Kier molecular flexibility index (Phi) is 3.58. The van der Waals surface area contributed by atoms with Gasteiger partial charge in [0.1, 0.15) is 4.87 Å². The van der Waals surface area contributed by atoms with Crippen molar-refractivity contribution in [2.24, 2.45) is 0 Å². The summed E-state index contributed by atoms with van der Waals surface area (Å²) < 4.78 is 0. The fraction of sp³-hybridized carbons (Fsp3) is 0.150. The van der Waals surface area contributed by atoms with Crippen LogP contribution in [0.1, 0.15) is 18.4 Å². The second-order valence-corrected chi connectivity index (χ2v) is 7.18. The number of para-hydroxylation sites is 1. The topological polar surface area (TPSA) is 20.3 Å². The Morgan fingerprint density at radius 1 is 1.00 bits per heavy atom. The number of rotatable bonds is 2. The van der Waals surface area contributed by atoms with Crippen LogP contribution in [-0.2, 0) is 4.79 Å². The fourth-order valence-corrected chi connectivity index (χ4v) is 4.57. The Balaban J connectivity index is 1.66. The number of carbonyl (C=O) groups excluding carboxylic acids is 1. The van der Waals surface area contributed by atoms with Gasteiger partial charge in [-0.1, -0.05) is 60.3 Å². The molecule has 2 aliphatic rings. The van der Waals surface area contributed by atoms with Crippen LogP contribution in [0, 0.1) is 0 Å². The largest absolute Gasteiger partial charge is 0.293 e. The molecule has 23 heavy (non-hydrogen) atoms. The second kappa shape index (κ2) is 5.74. The Morgan fingerprint density at radius 2 is 1.70 bits per heavy atom. The molecule has 0 aliphatic carbocycles. The summed E-state index contributed by atoms with van der Waals surface area (Å²) in [4.78, 5) is 15.4. The highest BCUT2D eigenvalue weighted by Crippen LogP contribution is 2.51. The SMILES string of the molecule is O=C1CC[C@@]2(C=C/C(=C/c3ccccc3)S2)N1c1ccccc1. The third-order valence-corrected chi connectivity index (χ3v) is 5.62. The van der Waals surface area contributed by atoms with E-state index in [1.54, 1.807) is 11.8 Å². The van der Waals surface area contributed by atoms with E-state index >= 15 is 0 Å². The zero-order valence-corrected chi connectivity index (χ0v) is 13.5. The van der Waals surface area contributed by atoms with E-state index in [-0.39, 0.29) is 10.8 Å². The van der Waals surface area contributed by atoms with E-state index in [0.29, 0.717) is 6.42 Å². The smallest absolute Gasteiger partial charge is 0.228 e. The molecule has 4 rings (SSSR count). The zero-order chi connectivity index (χ0) is 15.7. The fourth-order valence-electron chi connectivity index (χ4n) is 3.19. The van der Waals surface area contributed by atoms with E-state index in [4.69, 9.17) is 0 Å². The third kappa shape index (κ3) is 2.62. The first-order valence-corrected chi connectivity index (χ1v) is 8.62. The van der Waals surface area contributed by atoms with Gasteiger partial charge in [0.05, 0.1) is 0 Å². The van der Waals surface area contributed by atoms with Crippen LogP contribution >= 0.6 is 11.8 Å². The van der Waals surface area contributed by atoms with Crippen molar-refractivity contribution >= 4 is 29.4 Å². The predicted octanol–water partition coefficient (Wildman–Crippen LogP) is 4.85. The second-order valence-electron chi connectivity index (χ2n) is 5.80. The van der Waals surface area contributed by atoms with Crippen molar-refractivity contribution in [3.05, 3.63) is 83.3 Å². The minimum atomic E-state index is -0.265. The summed E-state index contributed by atoms with van der Waals surface area (Å²) in [5.41, 5.74) is 2.17. The van der Waals surface area contributed by atoms with Gasteiger partial charge < -0.3 is 0 Å². The van der Waals surface area contributed by atoms with Crippen molar-refractivity contribution in [3.63, 3.8) is 0 Å². The average molecular weight is 319 g/mol. The molecule has 2 aromatic carbocycles. The Morgan fingerprint density at radius 3 is 2.43 bits per heavy atom. The predicted molar refractivity (Wildman–Crippen MR) is 97.0 cm³/mol. The van der Waals surface area contributed by atoms with Crippen LogP contribution in [0.15, 0.2) is 77.7 Å². The quantitative estimate of drug-likeness (QED) is 0.788. The van der Waals surface area contributed by atoms with Gasteiger partial charge in [0, 0.05) is 17.0 Å². The molecule has 1 saturated heterocycles. The van der Waals surface area contributed by atoms with Crippen LogP contribution in [-0.4, -0.2) is 10.8 Å². The summed E-state index contributed by atoms with van der Waals surface area (Å²) in [7, 11) is 0. The molecular weight excluding hydrogens is 302 g/mol. The first-order chi connectivity index (χ1) is 11.3. The maximum atomic E-state index is 12.5. The molecule has 0 unspecified atom stereocenters.